The van der Waals surface area contributed by atoms with Crippen LogP contribution in [0.2, 0.25) is 5.02 Å². The molecule has 1 aromatic carbocycles. The van der Waals surface area contributed by atoms with Gasteiger partial charge in [-0.15, -0.1) is 10.2 Å². The molecule has 4 atom stereocenters. The van der Waals surface area contributed by atoms with Crippen molar-refractivity contribution in [2.24, 2.45) is 29.1 Å². The zero-order chi connectivity index (χ0) is 21.7. The molecule has 2 saturated carbocycles. The quantitative estimate of drug-likeness (QED) is 0.574. The lowest BCUT2D eigenvalue weighted by Gasteiger charge is -2.35. The molecule has 4 unspecified atom stereocenters. The number of nitrogens with one attached hydrogen (secondary N) is 1. The number of anilines is 1. The van der Waals surface area contributed by atoms with Crippen molar-refractivity contribution in [2.75, 3.05) is 31.5 Å². The maximum atomic E-state index is 13.5. The highest BCUT2D eigenvalue weighted by Crippen LogP contribution is 2.59. The summed E-state index contributed by atoms with van der Waals surface area (Å²) in [5.41, 5.74) is 1.70. The minimum absolute atomic E-state index is 0.328. The van der Waals surface area contributed by atoms with Gasteiger partial charge < -0.3 is 10.2 Å². The lowest BCUT2D eigenvalue weighted by molar-refractivity contribution is 0.136. The second-order valence-corrected chi connectivity index (χ2v) is 10.8. The molecule has 1 aliphatic heterocycles. The average Bonchev–Trinajstić information content (AvgIpc) is 3.10. The highest BCUT2D eigenvalue weighted by atomic mass is 35.5. The third-order valence-electron chi connectivity index (χ3n) is 8.52. The fraction of sp³-hybridized carbons (Fsp3) is 0.538. The van der Waals surface area contributed by atoms with Gasteiger partial charge in [0.05, 0.1) is 10.7 Å². The molecule has 32 heavy (non-hydrogen) atoms. The monoisotopic (exact) mass is 452 g/mol. The summed E-state index contributed by atoms with van der Waals surface area (Å²) in [6.07, 6.45) is 11.8. The lowest BCUT2D eigenvalue weighted by atomic mass is 9.88. The zero-order valence-electron chi connectivity index (χ0n) is 18.3. The average molecular weight is 453 g/mol. The first-order valence-corrected chi connectivity index (χ1v) is 12.4. The minimum Gasteiger partial charge on any atom is -0.368 e. The predicted molar refractivity (Wildman–Crippen MR) is 126 cm³/mol. The first-order chi connectivity index (χ1) is 15.6. The van der Waals surface area contributed by atoms with Gasteiger partial charge in [0.15, 0.2) is 0 Å². The van der Waals surface area contributed by atoms with Gasteiger partial charge in [0.25, 0.3) is 0 Å². The summed E-state index contributed by atoms with van der Waals surface area (Å²) in [6.45, 7) is 4.78. The third-order valence-corrected chi connectivity index (χ3v) is 8.85. The van der Waals surface area contributed by atoms with Crippen LogP contribution < -0.4 is 5.32 Å². The molecule has 0 amide bonds. The summed E-state index contributed by atoms with van der Waals surface area (Å²) >= 11 is 6.18. The second-order valence-electron chi connectivity index (χ2n) is 10.4. The summed E-state index contributed by atoms with van der Waals surface area (Å²) < 4.78 is 13.5. The number of piperidine rings is 1. The van der Waals surface area contributed by atoms with Crippen LogP contribution >= 0.6 is 11.6 Å². The molecule has 1 saturated heterocycles. The smallest absolute Gasteiger partial charge is 0.148 e. The molecule has 3 aliphatic carbocycles. The molecule has 6 heteroatoms. The first-order valence-electron chi connectivity index (χ1n) is 12.0. The van der Waals surface area contributed by atoms with Gasteiger partial charge in [-0.25, -0.2) is 4.39 Å². The number of hydrogen-bond donors (Lipinski definition) is 1. The van der Waals surface area contributed by atoms with Gasteiger partial charge in [-0.3, -0.25) is 0 Å². The van der Waals surface area contributed by atoms with Crippen molar-refractivity contribution in [3.05, 3.63) is 53.3 Å². The van der Waals surface area contributed by atoms with Gasteiger partial charge >= 0.3 is 0 Å². The Morgan fingerprint density at radius 3 is 2.69 bits per heavy atom. The van der Waals surface area contributed by atoms with Crippen molar-refractivity contribution in [3.63, 3.8) is 0 Å². The van der Waals surface area contributed by atoms with Crippen LogP contribution in [0, 0.1) is 34.9 Å². The SMILES string of the molecule is Fc1ccc(Cl)c(-c2ccc(NCC3CC34CCN(CC3CC5C=CC3C5)CC4)nn2)c1. The van der Waals surface area contributed by atoms with E-state index >= 15 is 0 Å². The summed E-state index contributed by atoms with van der Waals surface area (Å²) in [4.78, 5) is 2.73. The molecule has 2 bridgehead atoms. The zero-order valence-corrected chi connectivity index (χ0v) is 19.1. The molecule has 1 N–H and O–H groups in total. The van der Waals surface area contributed by atoms with E-state index in [9.17, 15) is 4.39 Å². The van der Waals surface area contributed by atoms with E-state index in [1.807, 2.05) is 12.1 Å². The standard InChI is InChI=1S/C26H30ClFN4/c27-23-4-3-21(28)13-22(23)24-5-6-25(31-30-24)29-15-20-14-26(20)7-9-32(10-8-26)16-19-12-17-1-2-18(19)11-17/h1-6,13,17-20H,7-12,14-16H2,(H,29,31). The van der Waals surface area contributed by atoms with Crippen LogP contribution in [-0.2, 0) is 0 Å². The van der Waals surface area contributed by atoms with Crippen molar-refractivity contribution < 1.29 is 4.39 Å². The fourth-order valence-corrected chi connectivity index (χ4v) is 6.66. The Hall–Kier alpha value is -1.98. The Morgan fingerprint density at radius 1 is 1.09 bits per heavy atom. The van der Waals surface area contributed by atoms with E-state index in [4.69, 9.17) is 11.6 Å². The second kappa shape index (κ2) is 8.11. The van der Waals surface area contributed by atoms with E-state index in [0.29, 0.717) is 21.7 Å². The van der Waals surface area contributed by atoms with Crippen LogP contribution in [0.3, 0.4) is 0 Å². The van der Waals surface area contributed by atoms with Gasteiger partial charge in [0.1, 0.15) is 11.6 Å². The Labute approximate surface area is 194 Å². The fourth-order valence-electron chi connectivity index (χ4n) is 6.44. The van der Waals surface area contributed by atoms with Crippen molar-refractivity contribution in [3.8, 4) is 11.3 Å². The number of rotatable bonds is 6. The highest BCUT2D eigenvalue weighted by Gasteiger charge is 2.54. The molecule has 1 spiro atoms. The Bertz CT molecular complexity index is 1010. The van der Waals surface area contributed by atoms with Gasteiger partial charge in [0.2, 0.25) is 0 Å². The number of nitrogens with zero attached hydrogens (tertiary/aromatic N) is 3. The molecule has 3 fully saturated rings. The van der Waals surface area contributed by atoms with Gasteiger partial charge in [0, 0.05) is 18.7 Å². The molecule has 168 valence electrons. The first kappa shape index (κ1) is 20.6. The number of halogens is 2. The van der Waals surface area contributed by atoms with Crippen LogP contribution in [0.1, 0.15) is 32.1 Å². The number of aromatic nitrogens is 2. The van der Waals surface area contributed by atoms with Crippen LogP contribution in [0.5, 0.6) is 0 Å². The summed E-state index contributed by atoms with van der Waals surface area (Å²) in [6, 6.07) is 8.05. The maximum Gasteiger partial charge on any atom is 0.148 e. The summed E-state index contributed by atoms with van der Waals surface area (Å²) in [5, 5.41) is 12.5. The number of allylic oxidation sites excluding steroid dienone is 2. The maximum absolute atomic E-state index is 13.5. The third kappa shape index (κ3) is 3.94. The number of hydrogen-bond acceptors (Lipinski definition) is 4. The van der Waals surface area contributed by atoms with E-state index < -0.39 is 0 Å². The van der Waals surface area contributed by atoms with Crippen LogP contribution in [0.4, 0.5) is 10.2 Å². The van der Waals surface area contributed by atoms with E-state index in [1.54, 1.807) is 6.07 Å². The molecule has 4 nitrogen and oxygen atoms in total. The van der Waals surface area contributed by atoms with Crippen molar-refractivity contribution in [1.82, 2.24) is 15.1 Å². The molecule has 2 aromatic rings. The van der Waals surface area contributed by atoms with Gasteiger partial charge in [-0.2, -0.15) is 0 Å². The summed E-state index contributed by atoms with van der Waals surface area (Å²) in [7, 11) is 0. The lowest BCUT2D eigenvalue weighted by Crippen LogP contribution is -2.39. The Kier molecular flexibility index (Phi) is 5.22. The Morgan fingerprint density at radius 2 is 1.97 bits per heavy atom. The molecule has 4 aliphatic rings. The van der Waals surface area contributed by atoms with E-state index in [-0.39, 0.29) is 5.82 Å². The number of fused-ring (bicyclic) bond motifs is 2. The highest BCUT2D eigenvalue weighted by molar-refractivity contribution is 6.33. The molecule has 1 aromatic heterocycles. The molecule has 2 heterocycles. The molecular weight excluding hydrogens is 423 g/mol. The minimum atomic E-state index is -0.328. The van der Waals surface area contributed by atoms with Gasteiger partial charge in [-0.05, 0) is 105 Å². The molecule has 0 radical (unpaired) electrons. The number of likely N-dealkylation sites (tertiary alicyclic amines) is 1. The van der Waals surface area contributed by atoms with Crippen LogP contribution in [-0.4, -0.2) is 41.3 Å². The predicted octanol–water partition coefficient (Wildman–Crippen LogP) is 5.66. The van der Waals surface area contributed by atoms with Crippen molar-refractivity contribution >= 4 is 17.4 Å². The van der Waals surface area contributed by atoms with Gasteiger partial charge in [-0.1, -0.05) is 23.8 Å². The van der Waals surface area contributed by atoms with Crippen molar-refractivity contribution in [1.29, 1.82) is 0 Å². The van der Waals surface area contributed by atoms with Crippen LogP contribution in [0.25, 0.3) is 11.3 Å². The number of benzene rings is 1. The summed E-state index contributed by atoms with van der Waals surface area (Å²) in [5.74, 6) is 3.81. The largest absolute Gasteiger partial charge is 0.368 e. The topological polar surface area (TPSA) is 41.0 Å². The van der Waals surface area contributed by atoms with E-state index in [2.05, 4.69) is 32.6 Å². The van der Waals surface area contributed by atoms with Crippen LogP contribution in [0.15, 0.2) is 42.5 Å². The molecule has 6 rings (SSSR count). The van der Waals surface area contributed by atoms with Crippen molar-refractivity contribution in [2.45, 2.75) is 32.1 Å². The van der Waals surface area contributed by atoms with E-state index in [0.717, 1.165) is 36.0 Å². The Balaban J connectivity index is 0.984. The normalized spacial score (nSPS) is 30.2. The van der Waals surface area contributed by atoms with E-state index in [1.165, 1.54) is 63.9 Å². The molecular formula is C26H30ClFN4.